The van der Waals surface area contributed by atoms with E-state index in [1.807, 2.05) is 0 Å². The summed E-state index contributed by atoms with van der Waals surface area (Å²) >= 11 is 5.98. The van der Waals surface area contributed by atoms with Gasteiger partial charge in [0.1, 0.15) is 5.82 Å². The maximum absolute atomic E-state index is 14.0. The summed E-state index contributed by atoms with van der Waals surface area (Å²) in [4.78, 5) is 21.3. The largest absolute Gasteiger partial charge is 0.478 e. The molecule has 2 atom stereocenters. The SMILES string of the molecule is C[C@H]1CN(c2cc(F)c(Cl)c3ccoc23)[C@@H](C)CN1.O=C(O)C=CC(=O)O. The van der Waals surface area contributed by atoms with Gasteiger partial charge in [-0.1, -0.05) is 11.6 Å². The zero-order valence-electron chi connectivity index (χ0n) is 14.8. The molecule has 0 spiro atoms. The van der Waals surface area contributed by atoms with E-state index in [-0.39, 0.29) is 11.1 Å². The van der Waals surface area contributed by atoms with Crippen LogP contribution in [0.5, 0.6) is 0 Å². The maximum atomic E-state index is 14.0. The fourth-order valence-electron chi connectivity index (χ4n) is 2.77. The van der Waals surface area contributed by atoms with Crippen LogP contribution in [0.15, 0.2) is 35.0 Å². The molecule has 0 radical (unpaired) electrons. The molecular weight excluding hydrogens is 379 g/mol. The van der Waals surface area contributed by atoms with Crippen molar-refractivity contribution in [2.24, 2.45) is 0 Å². The smallest absolute Gasteiger partial charge is 0.328 e. The van der Waals surface area contributed by atoms with Gasteiger partial charge in [0.25, 0.3) is 0 Å². The van der Waals surface area contributed by atoms with Crippen LogP contribution in [0, 0.1) is 5.82 Å². The third kappa shape index (κ3) is 5.21. The van der Waals surface area contributed by atoms with E-state index in [1.165, 1.54) is 6.07 Å². The highest BCUT2D eigenvalue weighted by Crippen LogP contribution is 2.36. The molecule has 3 rings (SSSR count). The molecule has 0 amide bonds. The second-order valence-corrected chi connectivity index (χ2v) is 6.55. The Hall–Kier alpha value is -2.58. The first-order chi connectivity index (χ1) is 12.7. The number of carbonyl (C=O) groups is 2. The number of nitrogens with zero attached hydrogens (tertiary/aromatic N) is 1. The summed E-state index contributed by atoms with van der Waals surface area (Å²) in [7, 11) is 0. The molecule has 2 heterocycles. The van der Waals surface area contributed by atoms with Crippen molar-refractivity contribution in [1.82, 2.24) is 5.32 Å². The van der Waals surface area contributed by atoms with Crippen molar-refractivity contribution in [3.05, 3.63) is 41.4 Å². The van der Waals surface area contributed by atoms with E-state index in [0.717, 1.165) is 18.8 Å². The van der Waals surface area contributed by atoms with E-state index < -0.39 is 17.8 Å². The fourth-order valence-corrected chi connectivity index (χ4v) is 2.97. The molecule has 1 fully saturated rings. The molecule has 0 aliphatic carbocycles. The van der Waals surface area contributed by atoms with Gasteiger partial charge in [0.15, 0.2) is 5.58 Å². The highest BCUT2D eigenvalue weighted by atomic mass is 35.5. The molecule has 1 aromatic heterocycles. The third-order valence-corrected chi connectivity index (χ3v) is 4.43. The molecule has 7 nitrogen and oxygen atoms in total. The van der Waals surface area contributed by atoms with Crippen LogP contribution in [-0.2, 0) is 9.59 Å². The average molecular weight is 399 g/mol. The van der Waals surface area contributed by atoms with Crippen molar-refractivity contribution >= 4 is 40.2 Å². The van der Waals surface area contributed by atoms with Gasteiger partial charge in [-0.3, -0.25) is 0 Å². The van der Waals surface area contributed by atoms with E-state index in [9.17, 15) is 14.0 Å². The van der Waals surface area contributed by atoms with Crippen LogP contribution < -0.4 is 10.2 Å². The van der Waals surface area contributed by atoms with Gasteiger partial charge >= 0.3 is 11.9 Å². The summed E-state index contributed by atoms with van der Waals surface area (Å²) in [5, 5.41) is 19.8. The first-order valence-electron chi connectivity index (χ1n) is 8.19. The van der Waals surface area contributed by atoms with Gasteiger partial charge < -0.3 is 24.8 Å². The summed E-state index contributed by atoms with van der Waals surface area (Å²) in [6, 6.07) is 3.83. The lowest BCUT2D eigenvalue weighted by Crippen LogP contribution is -2.54. The van der Waals surface area contributed by atoms with Gasteiger partial charge in [-0.25, -0.2) is 14.0 Å². The predicted octanol–water partition coefficient (Wildman–Crippen LogP) is 3.12. The van der Waals surface area contributed by atoms with Crippen molar-refractivity contribution in [2.75, 3.05) is 18.0 Å². The van der Waals surface area contributed by atoms with E-state index in [1.54, 1.807) is 12.3 Å². The van der Waals surface area contributed by atoms with Crippen molar-refractivity contribution in [3.8, 4) is 0 Å². The number of anilines is 1. The molecule has 146 valence electrons. The second-order valence-electron chi connectivity index (χ2n) is 6.18. The third-order valence-electron chi connectivity index (χ3n) is 4.05. The lowest BCUT2D eigenvalue weighted by molar-refractivity contribution is -0.134. The maximum Gasteiger partial charge on any atom is 0.328 e. The lowest BCUT2D eigenvalue weighted by Gasteiger charge is -2.39. The zero-order valence-corrected chi connectivity index (χ0v) is 15.5. The van der Waals surface area contributed by atoms with Gasteiger partial charge in [0.2, 0.25) is 0 Å². The fraction of sp³-hybridized carbons (Fsp3) is 0.333. The predicted molar refractivity (Wildman–Crippen MR) is 99.9 cm³/mol. The molecule has 1 aliphatic heterocycles. The molecule has 0 unspecified atom stereocenters. The molecular formula is C18H20ClFN2O5. The Morgan fingerprint density at radius 3 is 2.56 bits per heavy atom. The Kier molecular flexibility index (Phi) is 6.81. The molecule has 0 saturated carbocycles. The van der Waals surface area contributed by atoms with Gasteiger partial charge in [-0.2, -0.15) is 0 Å². The molecule has 9 heteroatoms. The summed E-state index contributed by atoms with van der Waals surface area (Å²) in [6.45, 7) is 5.91. The second kappa shape index (κ2) is 8.88. The van der Waals surface area contributed by atoms with E-state index in [4.69, 9.17) is 26.2 Å². The summed E-state index contributed by atoms with van der Waals surface area (Å²) < 4.78 is 19.5. The minimum Gasteiger partial charge on any atom is -0.478 e. The highest BCUT2D eigenvalue weighted by molar-refractivity contribution is 6.36. The van der Waals surface area contributed by atoms with Crippen LogP contribution in [0.25, 0.3) is 11.0 Å². The van der Waals surface area contributed by atoms with Gasteiger partial charge in [-0.05, 0) is 19.9 Å². The van der Waals surface area contributed by atoms with Crippen LogP contribution >= 0.6 is 11.6 Å². The molecule has 3 N–H and O–H groups in total. The number of benzene rings is 1. The van der Waals surface area contributed by atoms with Crippen molar-refractivity contribution < 1.29 is 28.6 Å². The molecule has 2 aromatic rings. The van der Waals surface area contributed by atoms with Crippen molar-refractivity contribution in [3.63, 3.8) is 0 Å². The molecule has 0 bridgehead atoms. The van der Waals surface area contributed by atoms with Crippen LogP contribution in [0.4, 0.5) is 10.1 Å². The van der Waals surface area contributed by atoms with Crippen molar-refractivity contribution in [2.45, 2.75) is 25.9 Å². The number of fused-ring (bicyclic) bond motifs is 1. The number of carboxylic acid groups (broad SMARTS) is 2. The minimum atomic E-state index is -1.26. The molecule has 1 saturated heterocycles. The number of nitrogens with one attached hydrogen (secondary N) is 1. The summed E-state index contributed by atoms with van der Waals surface area (Å²) in [5.41, 5.74) is 1.44. The Morgan fingerprint density at radius 1 is 1.33 bits per heavy atom. The van der Waals surface area contributed by atoms with Crippen molar-refractivity contribution in [1.29, 1.82) is 0 Å². The number of halogens is 2. The number of hydrogen-bond acceptors (Lipinski definition) is 5. The quantitative estimate of drug-likeness (QED) is 0.682. The number of furan rings is 1. The zero-order chi connectivity index (χ0) is 20.1. The van der Waals surface area contributed by atoms with Crippen LogP contribution in [0.3, 0.4) is 0 Å². The first-order valence-corrected chi connectivity index (χ1v) is 8.57. The highest BCUT2D eigenvalue weighted by Gasteiger charge is 2.26. The average Bonchev–Trinajstić information content (AvgIpc) is 3.09. The van der Waals surface area contributed by atoms with E-state index in [2.05, 4.69) is 24.1 Å². The molecule has 27 heavy (non-hydrogen) atoms. The Bertz CT molecular complexity index is 851. The van der Waals surface area contributed by atoms with Crippen LogP contribution in [0.2, 0.25) is 5.02 Å². The minimum absolute atomic E-state index is 0.128. The topological polar surface area (TPSA) is 103 Å². The standard InChI is InChI=1S/C14H16ClFN2O.C4H4O4/c1-8-7-18(9(2)6-17-8)12-5-11(16)13(15)10-3-4-19-14(10)12;5-3(6)1-2-4(7)8/h3-5,8-9,17H,6-7H2,1-2H3;1-2H,(H,5,6)(H,7,8)/t8-,9-;/m0./s1. The normalized spacial score (nSPS) is 19.8. The Balaban J connectivity index is 0.000000279. The van der Waals surface area contributed by atoms with Crippen LogP contribution in [0.1, 0.15) is 13.8 Å². The number of piperazine rings is 1. The number of aliphatic carboxylic acids is 2. The van der Waals surface area contributed by atoms with Gasteiger partial charge in [0, 0.05) is 48.8 Å². The number of rotatable bonds is 3. The lowest BCUT2D eigenvalue weighted by atomic mass is 10.1. The number of carboxylic acids is 2. The molecule has 1 aliphatic rings. The Labute approximate surface area is 160 Å². The summed E-state index contributed by atoms with van der Waals surface area (Å²) in [5.74, 6) is -2.91. The van der Waals surface area contributed by atoms with E-state index >= 15 is 0 Å². The van der Waals surface area contributed by atoms with Gasteiger partial charge in [0.05, 0.1) is 17.0 Å². The molecule has 1 aromatic carbocycles. The monoisotopic (exact) mass is 398 g/mol. The van der Waals surface area contributed by atoms with E-state index in [0.29, 0.717) is 29.2 Å². The van der Waals surface area contributed by atoms with Gasteiger partial charge in [-0.15, -0.1) is 0 Å². The van der Waals surface area contributed by atoms with Crippen LogP contribution in [-0.4, -0.2) is 47.3 Å². The number of hydrogen-bond donors (Lipinski definition) is 3. The Morgan fingerprint density at radius 2 is 1.96 bits per heavy atom. The summed E-state index contributed by atoms with van der Waals surface area (Å²) in [6.07, 6.45) is 2.67. The first kappa shape index (κ1) is 20.7.